The Morgan fingerprint density at radius 1 is 1.33 bits per heavy atom. The van der Waals surface area contributed by atoms with Gasteiger partial charge in [-0.05, 0) is 26.7 Å². The first-order chi connectivity index (χ1) is 10.1. The Bertz CT molecular complexity index is 579. The zero-order chi connectivity index (χ0) is 14.7. The zero-order valence-corrected chi connectivity index (χ0v) is 13.5. The quantitative estimate of drug-likeness (QED) is 0.931. The molecule has 1 atom stereocenters. The van der Waals surface area contributed by atoms with Crippen LogP contribution in [-0.4, -0.2) is 23.2 Å². The highest BCUT2D eigenvalue weighted by atomic mass is 32.1. The van der Waals surface area contributed by atoms with E-state index in [1.165, 1.54) is 5.56 Å². The van der Waals surface area contributed by atoms with Crippen molar-refractivity contribution in [2.45, 2.75) is 44.9 Å². The lowest BCUT2D eigenvalue weighted by Crippen LogP contribution is -2.43. The highest BCUT2D eigenvalue weighted by Gasteiger charge is 2.28. The average molecular weight is 302 g/mol. The SMILES string of the molecule is CC1(C)CC(NCc2nc(-c3ccccc3)cs2)CCO1. The molecule has 1 aliphatic heterocycles. The zero-order valence-electron chi connectivity index (χ0n) is 12.6. The first-order valence-corrected chi connectivity index (χ1v) is 8.37. The van der Waals surface area contributed by atoms with E-state index in [9.17, 15) is 0 Å². The number of thiazole rings is 1. The summed E-state index contributed by atoms with van der Waals surface area (Å²) in [7, 11) is 0. The molecular formula is C17H22N2OS. The number of nitrogens with one attached hydrogen (secondary N) is 1. The molecular weight excluding hydrogens is 280 g/mol. The lowest BCUT2D eigenvalue weighted by Gasteiger charge is -2.35. The lowest BCUT2D eigenvalue weighted by atomic mass is 9.94. The van der Waals surface area contributed by atoms with Crippen molar-refractivity contribution in [2.75, 3.05) is 6.61 Å². The summed E-state index contributed by atoms with van der Waals surface area (Å²) in [6.07, 6.45) is 2.14. The predicted molar refractivity (Wildman–Crippen MR) is 87.4 cm³/mol. The Balaban J connectivity index is 1.58. The highest BCUT2D eigenvalue weighted by Crippen LogP contribution is 2.25. The van der Waals surface area contributed by atoms with E-state index in [1.54, 1.807) is 11.3 Å². The number of ether oxygens (including phenoxy) is 1. The van der Waals surface area contributed by atoms with E-state index in [0.29, 0.717) is 6.04 Å². The van der Waals surface area contributed by atoms with Gasteiger partial charge in [-0.1, -0.05) is 30.3 Å². The molecule has 0 radical (unpaired) electrons. The molecule has 1 aromatic heterocycles. The van der Waals surface area contributed by atoms with Gasteiger partial charge in [-0.2, -0.15) is 0 Å². The molecule has 1 saturated heterocycles. The molecule has 0 amide bonds. The van der Waals surface area contributed by atoms with Gasteiger partial charge in [0.15, 0.2) is 0 Å². The van der Waals surface area contributed by atoms with Crippen LogP contribution < -0.4 is 5.32 Å². The van der Waals surface area contributed by atoms with Crippen molar-refractivity contribution in [2.24, 2.45) is 0 Å². The second kappa shape index (κ2) is 6.26. The summed E-state index contributed by atoms with van der Waals surface area (Å²) in [5.41, 5.74) is 2.26. The van der Waals surface area contributed by atoms with Crippen molar-refractivity contribution in [3.63, 3.8) is 0 Å². The fraction of sp³-hybridized carbons (Fsp3) is 0.471. The standard InChI is InChI=1S/C17H22N2OS/c1-17(2)10-14(8-9-20-17)18-11-16-19-15(12-21-16)13-6-4-3-5-7-13/h3-7,12,14,18H,8-11H2,1-2H3. The van der Waals surface area contributed by atoms with Crippen molar-refractivity contribution in [3.8, 4) is 11.3 Å². The third-order valence-electron chi connectivity index (χ3n) is 3.86. The molecule has 1 aliphatic rings. The molecule has 0 bridgehead atoms. The van der Waals surface area contributed by atoms with Crippen LogP contribution in [-0.2, 0) is 11.3 Å². The van der Waals surface area contributed by atoms with Gasteiger partial charge in [-0.3, -0.25) is 0 Å². The van der Waals surface area contributed by atoms with E-state index in [2.05, 4.69) is 48.8 Å². The molecule has 0 saturated carbocycles. The smallest absolute Gasteiger partial charge is 0.107 e. The van der Waals surface area contributed by atoms with E-state index in [-0.39, 0.29) is 5.60 Å². The molecule has 1 N–H and O–H groups in total. The first-order valence-electron chi connectivity index (χ1n) is 7.50. The summed E-state index contributed by atoms with van der Waals surface area (Å²) in [6, 6.07) is 10.9. The van der Waals surface area contributed by atoms with Crippen LogP contribution in [0.3, 0.4) is 0 Å². The summed E-state index contributed by atoms with van der Waals surface area (Å²) < 4.78 is 5.76. The second-order valence-electron chi connectivity index (χ2n) is 6.17. The maximum absolute atomic E-state index is 5.76. The number of rotatable bonds is 4. The summed E-state index contributed by atoms with van der Waals surface area (Å²) in [5, 5.41) is 6.92. The Kier molecular flexibility index (Phi) is 4.38. The number of aromatic nitrogens is 1. The van der Waals surface area contributed by atoms with Crippen LogP contribution in [0.15, 0.2) is 35.7 Å². The van der Waals surface area contributed by atoms with Crippen molar-refractivity contribution in [1.29, 1.82) is 0 Å². The van der Waals surface area contributed by atoms with Gasteiger partial charge in [0.25, 0.3) is 0 Å². The van der Waals surface area contributed by atoms with Crippen LogP contribution in [0.1, 0.15) is 31.7 Å². The summed E-state index contributed by atoms with van der Waals surface area (Å²) >= 11 is 1.73. The molecule has 3 nitrogen and oxygen atoms in total. The Hall–Kier alpha value is -1.23. The van der Waals surface area contributed by atoms with Gasteiger partial charge in [-0.25, -0.2) is 4.98 Å². The number of nitrogens with zero attached hydrogens (tertiary/aromatic N) is 1. The minimum absolute atomic E-state index is 0.00596. The fourth-order valence-electron chi connectivity index (χ4n) is 2.77. The molecule has 3 rings (SSSR count). The lowest BCUT2D eigenvalue weighted by molar-refractivity contribution is -0.0630. The van der Waals surface area contributed by atoms with Gasteiger partial charge in [0.2, 0.25) is 0 Å². The molecule has 4 heteroatoms. The molecule has 21 heavy (non-hydrogen) atoms. The summed E-state index contributed by atoms with van der Waals surface area (Å²) in [6.45, 7) is 6.02. The van der Waals surface area contributed by atoms with Crippen molar-refractivity contribution in [3.05, 3.63) is 40.7 Å². The van der Waals surface area contributed by atoms with Gasteiger partial charge in [-0.15, -0.1) is 11.3 Å². The van der Waals surface area contributed by atoms with E-state index < -0.39 is 0 Å². The topological polar surface area (TPSA) is 34.2 Å². The Morgan fingerprint density at radius 3 is 2.90 bits per heavy atom. The number of hydrogen-bond acceptors (Lipinski definition) is 4. The maximum atomic E-state index is 5.76. The van der Waals surface area contributed by atoms with Gasteiger partial charge in [0.05, 0.1) is 11.3 Å². The van der Waals surface area contributed by atoms with Crippen molar-refractivity contribution < 1.29 is 4.74 Å². The van der Waals surface area contributed by atoms with Gasteiger partial charge < -0.3 is 10.1 Å². The van der Waals surface area contributed by atoms with Crippen LogP contribution in [0.2, 0.25) is 0 Å². The van der Waals surface area contributed by atoms with E-state index in [4.69, 9.17) is 9.72 Å². The number of benzene rings is 1. The molecule has 0 aliphatic carbocycles. The van der Waals surface area contributed by atoms with Crippen molar-refractivity contribution in [1.82, 2.24) is 10.3 Å². The van der Waals surface area contributed by atoms with Crippen LogP contribution in [0.25, 0.3) is 11.3 Å². The second-order valence-corrected chi connectivity index (χ2v) is 7.11. The van der Waals surface area contributed by atoms with Gasteiger partial charge >= 0.3 is 0 Å². The molecule has 0 spiro atoms. The predicted octanol–water partition coefficient (Wildman–Crippen LogP) is 3.86. The van der Waals surface area contributed by atoms with E-state index in [1.807, 2.05) is 6.07 Å². The minimum atomic E-state index is -0.00596. The van der Waals surface area contributed by atoms with E-state index in [0.717, 1.165) is 36.7 Å². The molecule has 112 valence electrons. The molecule has 2 aromatic rings. The maximum Gasteiger partial charge on any atom is 0.107 e. The molecule has 2 heterocycles. The fourth-order valence-corrected chi connectivity index (χ4v) is 3.53. The molecule has 1 unspecified atom stereocenters. The van der Waals surface area contributed by atoms with Gasteiger partial charge in [0, 0.05) is 30.1 Å². The van der Waals surface area contributed by atoms with Crippen LogP contribution in [0.5, 0.6) is 0 Å². The highest BCUT2D eigenvalue weighted by molar-refractivity contribution is 7.09. The molecule has 1 fully saturated rings. The third kappa shape index (κ3) is 3.90. The summed E-state index contributed by atoms with van der Waals surface area (Å²) in [4.78, 5) is 4.73. The molecule has 1 aromatic carbocycles. The Labute approximate surface area is 130 Å². The summed E-state index contributed by atoms with van der Waals surface area (Å²) in [5.74, 6) is 0. The average Bonchev–Trinajstić information content (AvgIpc) is 2.94. The van der Waals surface area contributed by atoms with Crippen LogP contribution >= 0.6 is 11.3 Å². The number of hydrogen-bond donors (Lipinski definition) is 1. The van der Waals surface area contributed by atoms with Crippen LogP contribution in [0, 0.1) is 0 Å². The van der Waals surface area contributed by atoms with Crippen molar-refractivity contribution >= 4 is 11.3 Å². The minimum Gasteiger partial charge on any atom is -0.375 e. The van der Waals surface area contributed by atoms with Gasteiger partial charge in [0.1, 0.15) is 5.01 Å². The Morgan fingerprint density at radius 2 is 2.14 bits per heavy atom. The third-order valence-corrected chi connectivity index (χ3v) is 4.71. The van der Waals surface area contributed by atoms with Crippen LogP contribution in [0.4, 0.5) is 0 Å². The normalized spacial score (nSPS) is 21.3. The largest absolute Gasteiger partial charge is 0.375 e. The first kappa shape index (κ1) is 14.7. The monoisotopic (exact) mass is 302 g/mol. The van der Waals surface area contributed by atoms with E-state index >= 15 is 0 Å².